The summed E-state index contributed by atoms with van der Waals surface area (Å²) in [7, 11) is 1.89. The second-order valence-corrected chi connectivity index (χ2v) is 5.67. The third-order valence-electron chi connectivity index (χ3n) is 2.73. The van der Waals surface area contributed by atoms with E-state index in [-0.39, 0.29) is 0 Å². The quantitative estimate of drug-likeness (QED) is 0.947. The molecule has 0 fully saturated rings. The van der Waals surface area contributed by atoms with Gasteiger partial charge in [-0.05, 0) is 29.8 Å². The molecule has 1 N–H and O–H groups in total. The number of aliphatic hydroxyl groups excluding tert-OH is 1. The van der Waals surface area contributed by atoms with Crippen LogP contribution in [-0.2, 0) is 13.5 Å². The molecule has 0 aliphatic heterocycles. The Kier molecular flexibility index (Phi) is 3.65. The highest BCUT2D eigenvalue weighted by molar-refractivity contribution is 9.10. The van der Waals surface area contributed by atoms with Crippen LogP contribution in [-0.4, -0.2) is 19.9 Å². The molecule has 1 atom stereocenters. The molecule has 0 amide bonds. The van der Waals surface area contributed by atoms with Gasteiger partial charge in [0.25, 0.3) is 0 Å². The largest absolute Gasteiger partial charge is 0.387 e. The maximum Gasteiger partial charge on any atom is 0.0956 e. The average molecular weight is 316 g/mol. The number of halogens is 1. The van der Waals surface area contributed by atoms with Crippen LogP contribution in [0.2, 0.25) is 0 Å². The monoisotopic (exact) mass is 315 g/mol. The van der Waals surface area contributed by atoms with E-state index in [1.807, 2.05) is 20.9 Å². The molecule has 2 rings (SSSR count). The summed E-state index contributed by atoms with van der Waals surface area (Å²) in [4.78, 5) is 5.08. The van der Waals surface area contributed by atoms with Gasteiger partial charge in [0.2, 0.25) is 0 Å². The van der Waals surface area contributed by atoms with Gasteiger partial charge in [0.15, 0.2) is 0 Å². The number of hydrogen-bond acceptors (Lipinski definition) is 4. The summed E-state index contributed by atoms with van der Waals surface area (Å²) in [5.41, 5.74) is 4.60. The fourth-order valence-electron chi connectivity index (χ4n) is 1.81. The zero-order valence-corrected chi connectivity index (χ0v) is 12.3. The predicted octanol–water partition coefficient (Wildman–Crippen LogP) is 2.53. The first-order chi connectivity index (χ1) is 8.00. The minimum Gasteiger partial charge on any atom is -0.387 e. The van der Waals surface area contributed by atoms with Crippen molar-refractivity contribution in [3.8, 4) is 0 Å². The van der Waals surface area contributed by atoms with Gasteiger partial charge in [-0.3, -0.25) is 4.68 Å². The number of rotatable bonds is 3. The summed E-state index contributed by atoms with van der Waals surface area (Å²) in [6, 6.07) is 0. The van der Waals surface area contributed by atoms with Gasteiger partial charge in [-0.15, -0.1) is 11.3 Å². The maximum atomic E-state index is 10.2. The first-order valence-corrected chi connectivity index (χ1v) is 6.94. The molecule has 1 unspecified atom stereocenters. The topological polar surface area (TPSA) is 50.9 Å². The molecule has 92 valence electrons. The first-order valence-electron chi connectivity index (χ1n) is 5.26. The van der Waals surface area contributed by atoms with Crippen LogP contribution in [0.3, 0.4) is 0 Å². The van der Waals surface area contributed by atoms with E-state index < -0.39 is 6.10 Å². The molecule has 2 aromatic rings. The Morgan fingerprint density at radius 1 is 1.47 bits per heavy atom. The number of aromatic nitrogens is 3. The van der Waals surface area contributed by atoms with Crippen LogP contribution in [0, 0.1) is 13.8 Å². The zero-order valence-electron chi connectivity index (χ0n) is 9.94. The molecule has 2 heterocycles. The lowest BCUT2D eigenvalue weighted by molar-refractivity contribution is 0.178. The molecule has 4 nitrogen and oxygen atoms in total. The van der Waals surface area contributed by atoms with E-state index in [1.165, 1.54) is 11.3 Å². The predicted molar refractivity (Wildman–Crippen MR) is 71.2 cm³/mol. The van der Waals surface area contributed by atoms with E-state index in [0.717, 1.165) is 26.4 Å². The van der Waals surface area contributed by atoms with Crippen LogP contribution in [0.1, 0.15) is 28.1 Å². The third-order valence-corrected chi connectivity index (χ3v) is 4.80. The summed E-state index contributed by atoms with van der Waals surface area (Å²) < 4.78 is 2.78. The molecule has 2 aromatic heterocycles. The van der Waals surface area contributed by atoms with E-state index >= 15 is 0 Å². The summed E-state index contributed by atoms with van der Waals surface area (Å²) in [6.07, 6.45) is 0.0228. The van der Waals surface area contributed by atoms with Gasteiger partial charge >= 0.3 is 0 Å². The van der Waals surface area contributed by atoms with Crippen molar-refractivity contribution < 1.29 is 5.11 Å². The van der Waals surface area contributed by atoms with Crippen molar-refractivity contribution in [2.75, 3.05) is 0 Å². The lowest BCUT2D eigenvalue weighted by atomic mass is 10.1. The summed E-state index contributed by atoms with van der Waals surface area (Å²) in [6.45, 7) is 3.86. The van der Waals surface area contributed by atoms with Crippen molar-refractivity contribution in [2.45, 2.75) is 26.4 Å². The molecule has 0 radical (unpaired) electrons. The van der Waals surface area contributed by atoms with E-state index in [9.17, 15) is 5.11 Å². The van der Waals surface area contributed by atoms with Crippen molar-refractivity contribution in [3.63, 3.8) is 0 Å². The van der Waals surface area contributed by atoms with E-state index in [2.05, 4.69) is 26.0 Å². The van der Waals surface area contributed by atoms with Gasteiger partial charge in [-0.1, -0.05) is 0 Å². The van der Waals surface area contributed by atoms with Gasteiger partial charge < -0.3 is 5.11 Å². The number of hydrogen-bond donors (Lipinski definition) is 1. The summed E-state index contributed by atoms with van der Waals surface area (Å²) in [5.74, 6) is 0. The highest BCUT2D eigenvalue weighted by Crippen LogP contribution is 2.28. The van der Waals surface area contributed by atoms with Gasteiger partial charge in [0, 0.05) is 13.5 Å². The number of aliphatic hydroxyl groups is 1. The lowest BCUT2D eigenvalue weighted by Gasteiger charge is -2.10. The van der Waals surface area contributed by atoms with Crippen LogP contribution in [0.25, 0.3) is 0 Å². The molecule has 0 aromatic carbocycles. The minimum atomic E-state index is -0.520. The van der Waals surface area contributed by atoms with Crippen LogP contribution in [0.4, 0.5) is 0 Å². The van der Waals surface area contributed by atoms with Crippen LogP contribution in [0.15, 0.2) is 9.98 Å². The molecule has 17 heavy (non-hydrogen) atoms. The van der Waals surface area contributed by atoms with Gasteiger partial charge in [0.05, 0.1) is 38.0 Å². The Morgan fingerprint density at radius 3 is 2.65 bits per heavy atom. The van der Waals surface area contributed by atoms with Crippen LogP contribution < -0.4 is 0 Å². The Hall–Kier alpha value is -0.720. The Labute approximate surface area is 112 Å². The maximum absolute atomic E-state index is 10.2. The third kappa shape index (κ3) is 2.43. The molecule has 0 aliphatic carbocycles. The molecule has 0 spiro atoms. The van der Waals surface area contributed by atoms with Crippen LogP contribution in [0.5, 0.6) is 0 Å². The molecular weight excluding hydrogens is 302 g/mol. The Morgan fingerprint density at radius 2 is 2.18 bits per heavy atom. The van der Waals surface area contributed by atoms with Gasteiger partial charge in [-0.2, -0.15) is 5.10 Å². The molecular formula is C11H14BrN3OS. The van der Waals surface area contributed by atoms with Crippen molar-refractivity contribution in [3.05, 3.63) is 31.9 Å². The van der Waals surface area contributed by atoms with E-state index in [0.29, 0.717) is 6.42 Å². The lowest BCUT2D eigenvalue weighted by Crippen LogP contribution is -2.06. The SMILES string of the molecule is Cc1ncsc1C(O)Cc1c(Br)c(C)nn1C. The average Bonchev–Trinajstić information content (AvgIpc) is 2.78. The number of aryl methyl sites for hydroxylation is 3. The standard InChI is InChI=1S/C11H14BrN3OS/c1-6-10(12)8(15(3)14-6)4-9(16)11-7(2)13-5-17-11/h5,9,16H,4H2,1-3H3. The Balaban J connectivity index is 2.24. The van der Waals surface area contributed by atoms with Gasteiger partial charge in [0.1, 0.15) is 0 Å². The van der Waals surface area contributed by atoms with Gasteiger partial charge in [-0.25, -0.2) is 4.98 Å². The minimum absolute atomic E-state index is 0.520. The molecule has 0 bridgehead atoms. The molecule has 0 aliphatic rings. The van der Waals surface area contributed by atoms with E-state index in [1.54, 1.807) is 10.2 Å². The Bertz CT molecular complexity index is 535. The summed E-state index contributed by atoms with van der Waals surface area (Å²) >= 11 is 4.99. The zero-order chi connectivity index (χ0) is 12.6. The van der Waals surface area contributed by atoms with Crippen molar-refractivity contribution >= 4 is 27.3 Å². The second-order valence-electron chi connectivity index (χ2n) is 3.99. The normalized spacial score (nSPS) is 13.0. The van der Waals surface area contributed by atoms with Crippen molar-refractivity contribution in [1.29, 1.82) is 0 Å². The molecule has 0 saturated heterocycles. The van der Waals surface area contributed by atoms with Crippen molar-refractivity contribution in [2.24, 2.45) is 7.05 Å². The second kappa shape index (κ2) is 4.88. The number of thiazole rings is 1. The summed E-state index contributed by atoms with van der Waals surface area (Å²) in [5, 5.41) is 14.5. The fraction of sp³-hybridized carbons (Fsp3) is 0.455. The number of nitrogens with zero attached hydrogens (tertiary/aromatic N) is 3. The highest BCUT2D eigenvalue weighted by atomic mass is 79.9. The van der Waals surface area contributed by atoms with Crippen LogP contribution >= 0.6 is 27.3 Å². The highest BCUT2D eigenvalue weighted by Gasteiger charge is 2.18. The molecule has 6 heteroatoms. The smallest absolute Gasteiger partial charge is 0.0956 e. The van der Waals surface area contributed by atoms with E-state index in [4.69, 9.17) is 0 Å². The van der Waals surface area contributed by atoms with Crippen molar-refractivity contribution in [1.82, 2.24) is 14.8 Å². The fourth-order valence-corrected chi connectivity index (χ4v) is 3.09. The first kappa shape index (κ1) is 12.7. The molecule has 0 saturated carbocycles.